The predicted molar refractivity (Wildman–Crippen MR) is 79.7 cm³/mol. The number of benzene rings is 1. The van der Waals surface area contributed by atoms with E-state index in [-0.39, 0.29) is 32.0 Å². The molecule has 1 saturated heterocycles. The van der Waals surface area contributed by atoms with Gasteiger partial charge >= 0.3 is 5.97 Å². The zero-order chi connectivity index (χ0) is 16.8. The number of carbonyl (C=O) groups is 3. The number of hydrogen-bond acceptors (Lipinski definition) is 6. The van der Waals surface area contributed by atoms with E-state index in [9.17, 15) is 19.5 Å². The van der Waals surface area contributed by atoms with Crippen LogP contribution >= 0.6 is 0 Å². The number of likely N-dealkylation sites (tertiary alicyclic amines) is 1. The van der Waals surface area contributed by atoms with Crippen molar-refractivity contribution in [2.75, 3.05) is 19.8 Å². The third-order valence-electron chi connectivity index (χ3n) is 3.39. The molecule has 1 aromatic rings. The SMILES string of the molecule is CC(=O)COC(=O)[C@H]1C[C@@H](O)CN1C(=O)COc1ccccc1. The Bertz CT molecular complexity index is 573. The number of carbonyl (C=O) groups excluding carboxylic acids is 3. The maximum absolute atomic E-state index is 12.2. The van der Waals surface area contributed by atoms with Crippen molar-refractivity contribution in [2.45, 2.75) is 25.5 Å². The highest BCUT2D eigenvalue weighted by Gasteiger charge is 2.40. The maximum atomic E-state index is 12.2. The van der Waals surface area contributed by atoms with Crippen molar-refractivity contribution in [2.24, 2.45) is 0 Å². The molecule has 0 radical (unpaired) electrons. The second kappa shape index (κ2) is 7.73. The zero-order valence-corrected chi connectivity index (χ0v) is 12.8. The predicted octanol–water partition coefficient (Wildman–Crippen LogP) is 0.159. The Morgan fingerprint density at radius 1 is 1.22 bits per heavy atom. The molecule has 7 nitrogen and oxygen atoms in total. The Balaban J connectivity index is 1.93. The summed E-state index contributed by atoms with van der Waals surface area (Å²) in [7, 11) is 0. The van der Waals surface area contributed by atoms with E-state index in [0.717, 1.165) is 0 Å². The van der Waals surface area contributed by atoms with Crippen molar-refractivity contribution in [1.29, 1.82) is 0 Å². The van der Waals surface area contributed by atoms with Crippen LogP contribution in [0.3, 0.4) is 0 Å². The lowest BCUT2D eigenvalue weighted by atomic mass is 10.2. The van der Waals surface area contributed by atoms with Crippen molar-refractivity contribution < 1.29 is 29.0 Å². The number of aliphatic hydroxyl groups is 1. The van der Waals surface area contributed by atoms with Crippen LogP contribution in [0.15, 0.2) is 30.3 Å². The molecule has 1 N–H and O–H groups in total. The molecule has 1 aromatic carbocycles. The fourth-order valence-corrected chi connectivity index (χ4v) is 2.33. The third kappa shape index (κ3) is 4.79. The number of amides is 1. The molecule has 2 atom stereocenters. The number of ketones is 1. The van der Waals surface area contributed by atoms with E-state index >= 15 is 0 Å². The standard InChI is InChI=1S/C16H19NO6/c1-11(18)9-23-16(21)14-7-12(19)8-17(14)15(20)10-22-13-5-3-2-4-6-13/h2-6,12,14,19H,7-10H2,1H3/t12-,14-/m1/s1. The van der Waals surface area contributed by atoms with Crippen LogP contribution < -0.4 is 4.74 Å². The lowest BCUT2D eigenvalue weighted by molar-refractivity contribution is -0.155. The second-order valence-electron chi connectivity index (χ2n) is 5.36. The quantitative estimate of drug-likeness (QED) is 0.750. The topological polar surface area (TPSA) is 93.1 Å². The van der Waals surface area contributed by atoms with E-state index in [0.29, 0.717) is 5.75 Å². The van der Waals surface area contributed by atoms with Gasteiger partial charge in [-0.3, -0.25) is 9.59 Å². The van der Waals surface area contributed by atoms with Crippen LogP contribution in [-0.4, -0.2) is 59.6 Å². The average molecular weight is 321 g/mol. The van der Waals surface area contributed by atoms with Crippen LogP contribution in [0.4, 0.5) is 0 Å². The first kappa shape index (κ1) is 17.0. The number of hydrogen-bond donors (Lipinski definition) is 1. The number of Topliss-reactive ketones (excluding diaryl/α,β-unsaturated/α-hetero) is 1. The van der Waals surface area contributed by atoms with E-state index in [1.807, 2.05) is 6.07 Å². The Hall–Kier alpha value is -2.41. The molecule has 23 heavy (non-hydrogen) atoms. The average Bonchev–Trinajstić information content (AvgIpc) is 2.93. The van der Waals surface area contributed by atoms with Crippen LogP contribution in [0.25, 0.3) is 0 Å². The van der Waals surface area contributed by atoms with Gasteiger partial charge in [-0.1, -0.05) is 18.2 Å². The van der Waals surface area contributed by atoms with Crippen molar-refractivity contribution in [3.8, 4) is 5.75 Å². The monoisotopic (exact) mass is 321 g/mol. The highest BCUT2D eigenvalue weighted by atomic mass is 16.5. The first-order valence-corrected chi connectivity index (χ1v) is 7.29. The van der Waals surface area contributed by atoms with E-state index in [2.05, 4.69) is 0 Å². The molecular weight excluding hydrogens is 302 g/mol. The largest absolute Gasteiger partial charge is 0.484 e. The Morgan fingerprint density at radius 3 is 2.57 bits per heavy atom. The zero-order valence-electron chi connectivity index (χ0n) is 12.8. The molecule has 1 aliphatic rings. The molecule has 0 bridgehead atoms. The second-order valence-corrected chi connectivity index (χ2v) is 5.36. The van der Waals surface area contributed by atoms with Gasteiger partial charge in [-0.25, -0.2) is 4.79 Å². The molecule has 0 unspecified atom stereocenters. The van der Waals surface area contributed by atoms with Crippen LogP contribution in [0, 0.1) is 0 Å². The minimum absolute atomic E-state index is 0.0385. The molecule has 0 aromatic heterocycles. The van der Waals surface area contributed by atoms with Gasteiger partial charge in [0.1, 0.15) is 18.4 Å². The number of rotatable bonds is 6. The van der Waals surface area contributed by atoms with Crippen LogP contribution in [0.2, 0.25) is 0 Å². The molecular formula is C16H19NO6. The molecule has 2 rings (SSSR count). The fourth-order valence-electron chi connectivity index (χ4n) is 2.33. The lowest BCUT2D eigenvalue weighted by Crippen LogP contribution is -2.44. The van der Waals surface area contributed by atoms with Crippen molar-refractivity contribution in [1.82, 2.24) is 4.90 Å². The van der Waals surface area contributed by atoms with Crippen molar-refractivity contribution in [3.63, 3.8) is 0 Å². The summed E-state index contributed by atoms with van der Waals surface area (Å²) >= 11 is 0. The summed E-state index contributed by atoms with van der Waals surface area (Å²) in [5, 5.41) is 9.72. The normalized spacial score (nSPS) is 20.2. The molecule has 0 aliphatic carbocycles. The van der Waals surface area contributed by atoms with E-state index < -0.39 is 24.0 Å². The van der Waals surface area contributed by atoms with Gasteiger partial charge in [-0.15, -0.1) is 0 Å². The Morgan fingerprint density at radius 2 is 1.91 bits per heavy atom. The molecule has 0 saturated carbocycles. The summed E-state index contributed by atoms with van der Waals surface area (Å²) in [6.07, 6.45) is -0.709. The molecule has 1 amide bonds. The number of β-amino-alcohol motifs (C(OH)–C–C–N with tert-alkyl or cyclic N) is 1. The fraction of sp³-hybridized carbons (Fsp3) is 0.438. The summed E-state index contributed by atoms with van der Waals surface area (Å²) in [5.41, 5.74) is 0. The summed E-state index contributed by atoms with van der Waals surface area (Å²) in [5.74, 6) is -0.863. The maximum Gasteiger partial charge on any atom is 0.329 e. The molecule has 1 heterocycles. The number of ether oxygens (including phenoxy) is 2. The third-order valence-corrected chi connectivity index (χ3v) is 3.39. The van der Waals surface area contributed by atoms with Gasteiger partial charge in [0.2, 0.25) is 0 Å². The first-order chi connectivity index (χ1) is 11.0. The van der Waals surface area contributed by atoms with Gasteiger partial charge in [0, 0.05) is 13.0 Å². The molecule has 1 aliphatic heterocycles. The molecule has 124 valence electrons. The number of nitrogens with zero attached hydrogens (tertiary/aromatic N) is 1. The van der Waals surface area contributed by atoms with Crippen LogP contribution in [-0.2, 0) is 19.1 Å². The van der Waals surface area contributed by atoms with Gasteiger partial charge in [-0.05, 0) is 19.1 Å². The Kier molecular flexibility index (Phi) is 5.70. The summed E-state index contributed by atoms with van der Waals surface area (Å²) in [6, 6.07) is 7.92. The highest BCUT2D eigenvalue weighted by molar-refractivity contribution is 5.87. The molecule has 1 fully saturated rings. The van der Waals surface area contributed by atoms with Gasteiger partial charge in [0.05, 0.1) is 6.10 Å². The van der Waals surface area contributed by atoms with Gasteiger partial charge in [0.15, 0.2) is 12.4 Å². The van der Waals surface area contributed by atoms with Gasteiger partial charge in [-0.2, -0.15) is 0 Å². The van der Waals surface area contributed by atoms with Gasteiger partial charge in [0.25, 0.3) is 5.91 Å². The van der Waals surface area contributed by atoms with Crippen LogP contribution in [0.1, 0.15) is 13.3 Å². The van der Waals surface area contributed by atoms with Crippen molar-refractivity contribution >= 4 is 17.7 Å². The summed E-state index contributed by atoms with van der Waals surface area (Å²) in [6.45, 7) is 0.755. The van der Waals surface area contributed by atoms with Crippen molar-refractivity contribution in [3.05, 3.63) is 30.3 Å². The summed E-state index contributed by atoms with van der Waals surface area (Å²) < 4.78 is 10.2. The number of para-hydroxylation sites is 1. The minimum Gasteiger partial charge on any atom is -0.484 e. The molecule has 0 spiro atoms. The summed E-state index contributed by atoms with van der Waals surface area (Å²) in [4.78, 5) is 36.3. The van der Waals surface area contributed by atoms with E-state index in [1.54, 1.807) is 24.3 Å². The minimum atomic E-state index is -0.892. The van der Waals surface area contributed by atoms with E-state index in [1.165, 1.54) is 11.8 Å². The first-order valence-electron chi connectivity index (χ1n) is 7.29. The Labute approximate surface area is 133 Å². The lowest BCUT2D eigenvalue weighted by Gasteiger charge is -2.22. The number of aliphatic hydroxyl groups excluding tert-OH is 1. The number of esters is 1. The highest BCUT2D eigenvalue weighted by Crippen LogP contribution is 2.20. The van der Waals surface area contributed by atoms with Gasteiger partial charge < -0.3 is 19.5 Å². The smallest absolute Gasteiger partial charge is 0.329 e. The molecule has 7 heteroatoms. The van der Waals surface area contributed by atoms with E-state index in [4.69, 9.17) is 9.47 Å². The van der Waals surface area contributed by atoms with Crippen LogP contribution in [0.5, 0.6) is 5.75 Å².